The van der Waals surface area contributed by atoms with Gasteiger partial charge in [0.25, 0.3) is 0 Å². The highest BCUT2D eigenvalue weighted by Crippen LogP contribution is 2.23. The van der Waals surface area contributed by atoms with Gasteiger partial charge in [-0.3, -0.25) is 0 Å². The quantitative estimate of drug-likeness (QED) is 0.820. The van der Waals surface area contributed by atoms with Gasteiger partial charge < -0.3 is 9.84 Å². The first kappa shape index (κ1) is 14.0. The van der Waals surface area contributed by atoms with Crippen molar-refractivity contribution in [3.05, 3.63) is 28.8 Å². The molecule has 0 saturated heterocycles. The van der Waals surface area contributed by atoms with Crippen LogP contribution >= 0.6 is 0 Å². The molecule has 0 bridgehead atoms. The molecule has 2 heteroatoms. The zero-order valence-electron chi connectivity index (χ0n) is 11.4. The summed E-state index contributed by atoms with van der Waals surface area (Å²) in [4.78, 5) is 0. The molecule has 1 rings (SSSR count). The number of hydrogen-bond donors (Lipinski definition) is 1. The summed E-state index contributed by atoms with van der Waals surface area (Å²) in [5.74, 6) is 0.945. The maximum Gasteiger partial charge on any atom is 0.122 e. The fraction of sp³-hybridized carbons (Fsp3) is 0.600. The van der Waals surface area contributed by atoms with Crippen LogP contribution < -0.4 is 4.74 Å². The van der Waals surface area contributed by atoms with Crippen LogP contribution in [0.15, 0.2) is 12.1 Å². The topological polar surface area (TPSA) is 29.5 Å². The van der Waals surface area contributed by atoms with Crippen molar-refractivity contribution >= 4 is 0 Å². The van der Waals surface area contributed by atoms with E-state index in [4.69, 9.17) is 4.74 Å². The van der Waals surface area contributed by atoms with Crippen LogP contribution in [0.5, 0.6) is 5.75 Å². The number of hydrogen-bond acceptors (Lipinski definition) is 2. The molecule has 0 aromatic heterocycles. The van der Waals surface area contributed by atoms with E-state index in [1.54, 1.807) is 7.11 Å². The summed E-state index contributed by atoms with van der Waals surface area (Å²) < 4.78 is 5.30. The minimum absolute atomic E-state index is 0.165. The molecule has 17 heavy (non-hydrogen) atoms. The van der Waals surface area contributed by atoms with Crippen molar-refractivity contribution in [2.24, 2.45) is 0 Å². The minimum Gasteiger partial charge on any atom is -0.496 e. The molecule has 0 spiro atoms. The van der Waals surface area contributed by atoms with Crippen molar-refractivity contribution in [3.8, 4) is 5.75 Å². The zero-order valence-corrected chi connectivity index (χ0v) is 11.4. The molecular weight excluding hydrogens is 212 g/mol. The Balaban J connectivity index is 2.68. The predicted octanol–water partition coefficient (Wildman–Crippen LogP) is 3.41. The number of aryl methyl sites for hydroxylation is 3. The molecule has 0 fully saturated rings. The number of benzene rings is 1. The van der Waals surface area contributed by atoms with E-state index in [0.29, 0.717) is 0 Å². The molecule has 1 aromatic carbocycles. The maximum atomic E-state index is 9.75. The summed E-state index contributed by atoms with van der Waals surface area (Å²) in [6, 6.07) is 4.25. The third-order valence-electron chi connectivity index (χ3n) is 3.22. The molecular formula is C15H24O2. The lowest BCUT2D eigenvalue weighted by Gasteiger charge is -2.13. The van der Waals surface area contributed by atoms with Crippen LogP contribution in [0.25, 0.3) is 0 Å². The summed E-state index contributed by atoms with van der Waals surface area (Å²) in [6.45, 7) is 6.26. The number of ether oxygens (including phenoxy) is 1. The lowest BCUT2D eigenvalue weighted by atomic mass is 9.98. The first-order valence-corrected chi connectivity index (χ1v) is 6.40. The van der Waals surface area contributed by atoms with Crippen molar-refractivity contribution in [2.45, 2.75) is 52.6 Å². The third-order valence-corrected chi connectivity index (χ3v) is 3.22. The van der Waals surface area contributed by atoms with E-state index in [1.807, 2.05) is 0 Å². The van der Waals surface area contributed by atoms with Crippen LogP contribution in [-0.4, -0.2) is 18.3 Å². The molecule has 0 aliphatic carbocycles. The van der Waals surface area contributed by atoms with Gasteiger partial charge in [-0.2, -0.15) is 0 Å². The summed E-state index contributed by atoms with van der Waals surface area (Å²) >= 11 is 0. The smallest absolute Gasteiger partial charge is 0.122 e. The first-order valence-electron chi connectivity index (χ1n) is 6.40. The molecule has 0 aliphatic rings. The Kier molecular flexibility index (Phi) is 5.49. The summed E-state index contributed by atoms with van der Waals surface area (Å²) in [5, 5.41) is 9.75. The largest absolute Gasteiger partial charge is 0.496 e. The highest BCUT2D eigenvalue weighted by atomic mass is 16.5. The van der Waals surface area contributed by atoms with E-state index in [0.717, 1.165) is 37.0 Å². The lowest BCUT2D eigenvalue weighted by Crippen LogP contribution is -2.08. The summed E-state index contributed by atoms with van der Waals surface area (Å²) in [6.07, 6.45) is 3.57. The second-order valence-corrected chi connectivity index (χ2v) is 4.73. The van der Waals surface area contributed by atoms with E-state index in [1.165, 1.54) is 11.1 Å². The van der Waals surface area contributed by atoms with Crippen molar-refractivity contribution < 1.29 is 9.84 Å². The van der Waals surface area contributed by atoms with Crippen LogP contribution in [-0.2, 0) is 6.42 Å². The monoisotopic (exact) mass is 236 g/mol. The van der Waals surface area contributed by atoms with Crippen LogP contribution in [0.1, 0.15) is 42.9 Å². The summed E-state index contributed by atoms with van der Waals surface area (Å²) in [5.41, 5.74) is 3.73. The van der Waals surface area contributed by atoms with Gasteiger partial charge in [0.15, 0.2) is 0 Å². The number of aliphatic hydroxyl groups excluding tert-OH is 1. The molecule has 0 saturated carbocycles. The SMILES string of the molecule is CCCC(O)CCc1cc(C)c(OC)cc1C. The molecule has 0 amide bonds. The molecule has 1 N–H and O–H groups in total. The predicted molar refractivity (Wildman–Crippen MR) is 71.7 cm³/mol. The van der Waals surface area contributed by atoms with E-state index < -0.39 is 0 Å². The van der Waals surface area contributed by atoms with E-state index >= 15 is 0 Å². The van der Waals surface area contributed by atoms with Gasteiger partial charge in [0, 0.05) is 0 Å². The average Bonchev–Trinajstić information content (AvgIpc) is 2.30. The highest BCUT2D eigenvalue weighted by Gasteiger charge is 2.07. The molecule has 1 atom stereocenters. The van der Waals surface area contributed by atoms with Crippen molar-refractivity contribution in [1.82, 2.24) is 0 Å². The summed E-state index contributed by atoms with van der Waals surface area (Å²) in [7, 11) is 1.70. The maximum absolute atomic E-state index is 9.75. The minimum atomic E-state index is -0.165. The van der Waals surface area contributed by atoms with Crippen molar-refractivity contribution in [1.29, 1.82) is 0 Å². The van der Waals surface area contributed by atoms with Crippen LogP contribution in [0, 0.1) is 13.8 Å². The van der Waals surface area contributed by atoms with Gasteiger partial charge in [-0.1, -0.05) is 19.4 Å². The fourth-order valence-corrected chi connectivity index (χ4v) is 2.14. The Hall–Kier alpha value is -1.02. The number of methoxy groups -OCH3 is 1. The molecule has 2 nitrogen and oxygen atoms in total. The Morgan fingerprint density at radius 1 is 1.18 bits per heavy atom. The Morgan fingerprint density at radius 2 is 1.88 bits per heavy atom. The second kappa shape index (κ2) is 6.65. The Labute approximate surface area is 105 Å². The molecule has 0 radical (unpaired) electrons. The van der Waals surface area contributed by atoms with Crippen LogP contribution in [0.2, 0.25) is 0 Å². The van der Waals surface area contributed by atoms with Crippen LogP contribution in [0.3, 0.4) is 0 Å². The van der Waals surface area contributed by atoms with Crippen molar-refractivity contribution in [2.75, 3.05) is 7.11 Å². The van der Waals surface area contributed by atoms with Gasteiger partial charge in [0.1, 0.15) is 5.75 Å². The standard InChI is InChI=1S/C15H24O2/c1-5-6-14(16)8-7-13-9-12(3)15(17-4)10-11(13)2/h9-10,14,16H,5-8H2,1-4H3. The Morgan fingerprint density at radius 3 is 2.47 bits per heavy atom. The molecule has 0 heterocycles. The molecule has 1 aromatic rings. The Bertz CT molecular complexity index is 358. The average molecular weight is 236 g/mol. The van der Waals surface area contributed by atoms with Gasteiger partial charge in [0.2, 0.25) is 0 Å². The van der Waals surface area contributed by atoms with Gasteiger partial charge in [0.05, 0.1) is 13.2 Å². The van der Waals surface area contributed by atoms with Gasteiger partial charge in [-0.25, -0.2) is 0 Å². The first-order chi connectivity index (χ1) is 8.08. The number of rotatable bonds is 6. The van der Waals surface area contributed by atoms with Gasteiger partial charge in [-0.15, -0.1) is 0 Å². The molecule has 1 unspecified atom stereocenters. The fourth-order valence-electron chi connectivity index (χ4n) is 2.14. The molecule has 0 aliphatic heterocycles. The molecule has 96 valence electrons. The normalized spacial score (nSPS) is 12.5. The van der Waals surface area contributed by atoms with Gasteiger partial charge >= 0.3 is 0 Å². The van der Waals surface area contributed by atoms with Crippen molar-refractivity contribution in [3.63, 3.8) is 0 Å². The second-order valence-electron chi connectivity index (χ2n) is 4.73. The highest BCUT2D eigenvalue weighted by molar-refractivity contribution is 5.41. The number of aliphatic hydroxyl groups is 1. The van der Waals surface area contributed by atoms with E-state index in [9.17, 15) is 5.11 Å². The lowest BCUT2D eigenvalue weighted by molar-refractivity contribution is 0.154. The van der Waals surface area contributed by atoms with Gasteiger partial charge in [-0.05, 0) is 55.9 Å². The third kappa shape index (κ3) is 4.04. The van der Waals surface area contributed by atoms with E-state index in [2.05, 4.69) is 32.9 Å². The van der Waals surface area contributed by atoms with E-state index in [-0.39, 0.29) is 6.10 Å². The zero-order chi connectivity index (χ0) is 12.8. The van der Waals surface area contributed by atoms with Crippen LogP contribution in [0.4, 0.5) is 0 Å².